The lowest BCUT2D eigenvalue weighted by Crippen LogP contribution is -2.22. The highest BCUT2D eigenvalue weighted by Crippen LogP contribution is 2.32. The van der Waals surface area contributed by atoms with Crippen LogP contribution in [0.25, 0.3) is 0 Å². The van der Waals surface area contributed by atoms with Crippen molar-refractivity contribution in [2.24, 2.45) is 11.8 Å². The molecule has 0 bridgehead atoms. The van der Waals surface area contributed by atoms with Crippen molar-refractivity contribution in [1.29, 1.82) is 0 Å². The summed E-state index contributed by atoms with van der Waals surface area (Å²) < 4.78 is 1.95. The lowest BCUT2D eigenvalue weighted by Gasteiger charge is -2.16. The lowest BCUT2D eigenvalue weighted by atomic mass is 10.0. The van der Waals surface area contributed by atoms with Gasteiger partial charge in [-0.15, -0.1) is 0 Å². The van der Waals surface area contributed by atoms with E-state index in [4.69, 9.17) is 5.11 Å². The number of hydrogen-bond donors (Lipinski definition) is 2. The molecule has 2 heterocycles. The first-order valence-corrected chi connectivity index (χ1v) is 7.23. The Morgan fingerprint density at radius 2 is 2.10 bits per heavy atom. The van der Waals surface area contributed by atoms with Crippen molar-refractivity contribution >= 4 is 17.6 Å². The number of nitrogens with one attached hydrogen (secondary N) is 1. The van der Waals surface area contributed by atoms with Crippen LogP contribution in [0.3, 0.4) is 0 Å². The molecule has 1 aromatic rings. The summed E-state index contributed by atoms with van der Waals surface area (Å²) in [4.78, 5) is 23.2. The van der Waals surface area contributed by atoms with E-state index in [0.29, 0.717) is 19.3 Å². The molecular formula is C14H19N3O3. The van der Waals surface area contributed by atoms with E-state index < -0.39 is 5.97 Å². The number of fused-ring (bicyclic) bond motifs is 1. The molecule has 1 amide bonds. The van der Waals surface area contributed by atoms with Gasteiger partial charge in [0.25, 0.3) is 0 Å². The number of carbonyl (C=O) groups excluding carboxylic acids is 1. The van der Waals surface area contributed by atoms with Crippen LogP contribution in [0, 0.1) is 11.8 Å². The van der Waals surface area contributed by atoms with Gasteiger partial charge in [0.2, 0.25) is 5.91 Å². The van der Waals surface area contributed by atoms with Crippen LogP contribution in [0.2, 0.25) is 0 Å². The van der Waals surface area contributed by atoms with Crippen molar-refractivity contribution in [2.75, 3.05) is 5.32 Å². The molecule has 3 rings (SSSR count). The Morgan fingerprint density at radius 1 is 1.30 bits per heavy atom. The maximum absolute atomic E-state index is 12.2. The first kappa shape index (κ1) is 13.1. The largest absolute Gasteiger partial charge is 0.481 e. The van der Waals surface area contributed by atoms with Gasteiger partial charge in [0.1, 0.15) is 0 Å². The molecular weight excluding hydrogens is 258 g/mol. The molecule has 6 heteroatoms. The predicted molar refractivity (Wildman–Crippen MR) is 72.3 cm³/mol. The van der Waals surface area contributed by atoms with Gasteiger partial charge in [-0.05, 0) is 38.5 Å². The minimum atomic E-state index is -0.789. The van der Waals surface area contributed by atoms with E-state index in [9.17, 15) is 9.59 Å². The average Bonchev–Trinajstić information content (AvgIpc) is 3.06. The SMILES string of the molecule is O=C(O)[C@@H]1CC[C@H](C(=O)Nc2cnn3c2CCCC3)C1. The van der Waals surface area contributed by atoms with Crippen molar-refractivity contribution in [2.45, 2.75) is 45.1 Å². The Bertz CT molecular complexity index is 538. The van der Waals surface area contributed by atoms with Crippen LogP contribution in [-0.2, 0) is 22.6 Å². The molecule has 1 saturated carbocycles. The minimum absolute atomic E-state index is 0.0601. The van der Waals surface area contributed by atoms with Crippen molar-refractivity contribution in [3.63, 3.8) is 0 Å². The summed E-state index contributed by atoms with van der Waals surface area (Å²) >= 11 is 0. The smallest absolute Gasteiger partial charge is 0.306 e. The van der Waals surface area contributed by atoms with Gasteiger partial charge in [0, 0.05) is 12.5 Å². The van der Waals surface area contributed by atoms with Gasteiger partial charge in [-0.3, -0.25) is 14.3 Å². The Hall–Kier alpha value is -1.85. The normalized spacial score (nSPS) is 25.2. The molecule has 1 aliphatic carbocycles. The number of aromatic nitrogens is 2. The summed E-state index contributed by atoms with van der Waals surface area (Å²) in [7, 11) is 0. The second kappa shape index (κ2) is 5.26. The number of carboxylic acid groups (broad SMARTS) is 1. The number of amides is 1. The number of hydrogen-bond acceptors (Lipinski definition) is 3. The molecule has 0 aromatic carbocycles. The van der Waals surface area contributed by atoms with E-state index >= 15 is 0 Å². The van der Waals surface area contributed by atoms with E-state index in [1.807, 2.05) is 4.68 Å². The van der Waals surface area contributed by atoms with Crippen LogP contribution in [-0.4, -0.2) is 26.8 Å². The fourth-order valence-corrected chi connectivity index (χ4v) is 3.20. The van der Waals surface area contributed by atoms with Crippen LogP contribution >= 0.6 is 0 Å². The molecule has 1 fully saturated rings. The fourth-order valence-electron chi connectivity index (χ4n) is 3.20. The summed E-state index contributed by atoms with van der Waals surface area (Å²) in [5, 5.41) is 16.2. The van der Waals surface area contributed by atoms with Crippen molar-refractivity contribution in [1.82, 2.24) is 9.78 Å². The number of aryl methyl sites for hydroxylation is 1. The summed E-state index contributed by atoms with van der Waals surface area (Å²) in [6.45, 7) is 0.912. The topological polar surface area (TPSA) is 84.2 Å². The van der Waals surface area contributed by atoms with Gasteiger partial charge < -0.3 is 10.4 Å². The molecule has 0 saturated heterocycles. The summed E-state index contributed by atoms with van der Waals surface area (Å²) in [6.07, 6.45) is 6.61. The Kier molecular flexibility index (Phi) is 3.46. The van der Waals surface area contributed by atoms with E-state index in [2.05, 4.69) is 10.4 Å². The molecule has 0 unspecified atom stereocenters. The molecule has 0 radical (unpaired) electrons. The van der Waals surface area contributed by atoms with Crippen molar-refractivity contribution in [3.8, 4) is 0 Å². The predicted octanol–water partition coefficient (Wildman–Crippen LogP) is 1.66. The molecule has 108 valence electrons. The quantitative estimate of drug-likeness (QED) is 0.880. The van der Waals surface area contributed by atoms with E-state index in [1.165, 1.54) is 0 Å². The van der Waals surface area contributed by atoms with Gasteiger partial charge in [0.05, 0.1) is 23.5 Å². The zero-order chi connectivity index (χ0) is 14.1. The number of carbonyl (C=O) groups is 2. The van der Waals surface area contributed by atoms with Gasteiger partial charge in [0.15, 0.2) is 0 Å². The molecule has 20 heavy (non-hydrogen) atoms. The van der Waals surface area contributed by atoms with E-state index in [-0.39, 0.29) is 17.7 Å². The first-order chi connectivity index (χ1) is 9.65. The van der Waals surface area contributed by atoms with Crippen LogP contribution in [0.15, 0.2) is 6.20 Å². The molecule has 6 nitrogen and oxygen atoms in total. The Morgan fingerprint density at radius 3 is 2.85 bits per heavy atom. The Balaban J connectivity index is 1.65. The third-order valence-electron chi connectivity index (χ3n) is 4.39. The third kappa shape index (κ3) is 2.42. The van der Waals surface area contributed by atoms with Gasteiger partial charge in [-0.25, -0.2) is 0 Å². The number of rotatable bonds is 3. The molecule has 0 spiro atoms. The number of nitrogens with zero attached hydrogens (tertiary/aromatic N) is 2. The van der Waals surface area contributed by atoms with Crippen LogP contribution in [0.5, 0.6) is 0 Å². The van der Waals surface area contributed by atoms with E-state index in [1.54, 1.807) is 6.20 Å². The lowest BCUT2D eigenvalue weighted by molar-refractivity contribution is -0.141. The number of carboxylic acids is 1. The zero-order valence-corrected chi connectivity index (χ0v) is 11.3. The maximum atomic E-state index is 12.2. The second-order valence-corrected chi connectivity index (χ2v) is 5.72. The molecule has 2 aliphatic rings. The third-order valence-corrected chi connectivity index (χ3v) is 4.39. The van der Waals surface area contributed by atoms with Crippen LogP contribution in [0.4, 0.5) is 5.69 Å². The number of anilines is 1. The summed E-state index contributed by atoms with van der Waals surface area (Å²) in [6, 6.07) is 0. The summed E-state index contributed by atoms with van der Waals surface area (Å²) in [5.41, 5.74) is 1.89. The second-order valence-electron chi connectivity index (χ2n) is 5.72. The number of aliphatic carboxylic acids is 1. The van der Waals surface area contributed by atoms with Gasteiger partial charge in [-0.2, -0.15) is 5.10 Å². The standard InChI is InChI=1S/C14H19N3O3/c18-13(9-4-5-10(7-9)14(19)20)16-11-8-15-17-6-2-1-3-12(11)17/h8-10H,1-7H2,(H,16,18)(H,19,20)/t9-,10+/m0/s1. The van der Waals surface area contributed by atoms with Crippen LogP contribution < -0.4 is 5.32 Å². The van der Waals surface area contributed by atoms with E-state index in [0.717, 1.165) is 37.2 Å². The highest BCUT2D eigenvalue weighted by atomic mass is 16.4. The van der Waals surface area contributed by atoms with Gasteiger partial charge >= 0.3 is 5.97 Å². The molecule has 1 aromatic heterocycles. The zero-order valence-electron chi connectivity index (χ0n) is 11.3. The highest BCUT2D eigenvalue weighted by Gasteiger charge is 2.34. The van der Waals surface area contributed by atoms with Crippen LogP contribution in [0.1, 0.15) is 37.8 Å². The monoisotopic (exact) mass is 277 g/mol. The molecule has 2 N–H and O–H groups in total. The fraction of sp³-hybridized carbons (Fsp3) is 0.643. The van der Waals surface area contributed by atoms with Gasteiger partial charge in [-0.1, -0.05) is 0 Å². The molecule has 2 atom stereocenters. The Labute approximate surface area is 117 Å². The van der Waals surface area contributed by atoms with Crippen molar-refractivity contribution < 1.29 is 14.7 Å². The van der Waals surface area contributed by atoms with Crippen molar-refractivity contribution in [3.05, 3.63) is 11.9 Å². The first-order valence-electron chi connectivity index (χ1n) is 7.23. The average molecular weight is 277 g/mol. The highest BCUT2D eigenvalue weighted by molar-refractivity contribution is 5.93. The minimum Gasteiger partial charge on any atom is -0.481 e. The maximum Gasteiger partial charge on any atom is 0.306 e. The molecule has 1 aliphatic heterocycles. The summed E-state index contributed by atoms with van der Waals surface area (Å²) in [5.74, 6) is -1.40.